The van der Waals surface area contributed by atoms with Gasteiger partial charge in [-0.3, -0.25) is 4.79 Å². The summed E-state index contributed by atoms with van der Waals surface area (Å²) in [5, 5.41) is 4.50. The summed E-state index contributed by atoms with van der Waals surface area (Å²) in [4.78, 5) is 16.6. The van der Waals surface area contributed by atoms with E-state index in [2.05, 4.69) is 30.7 Å². The van der Waals surface area contributed by atoms with E-state index in [1.165, 1.54) is 24.5 Å². The summed E-state index contributed by atoms with van der Waals surface area (Å²) in [6, 6.07) is 7.72. The van der Waals surface area contributed by atoms with Gasteiger partial charge in [0.05, 0.1) is 23.5 Å². The number of hydrogen-bond donors (Lipinski definition) is 0. The van der Waals surface area contributed by atoms with E-state index in [9.17, 15) is 13.6 Å². The van der Waals surface area contributed by atoms with Crippen molar-refractivity contribution in [2.24, 2.45) is 0 Å². The second kappa shape index (κ2) is 5.80. The Balaban J connectivity index is 2.24. The van der Waals surface area contributed by atoms with Crippen molar-refractivity contribution in [3.63, 3.8) is 0 Å². The number of fused-ring (bicyclic) bond motifs is 1. The molecule has 0 aliphatic heterocycles. The fourth-order valence-corrected chi connectivity index (χ4v) is 2.27. The van der Waals surface area contributed by atoms with Crippen LogP contribution in [-0.2, 0) is 0 Å². The van der Waals surface area contributed by atoms with Gasteiger partial charge in [0.2, 0.25) is 0 Å². The summed E-state index contributed by atoms with van der Waals surface area (Å²) in [6.45, 7) is -3.01. The predicted molar refractivity (Wildman–Crippen MR) is 79.5 cm³/mol. The highest BCUT2D eigenvalue weighted by atomic mass is 79.9. The normalized spacial score (nSPS) is 11.1. The molecule has 3 rings (SSSR count). The quantitative estimate of drug-likeness (QED) is 0.667. The summed E-state index contributed by atoms with van der Waals surface area (Å²) in [7, 11) is 0. The molecule has 0 N–H and O–H groups in total. The molecular weight excluding hydrogens is 360 g/mol. The molecule has 0 bridgehead atoms. The lowest BCUT2D eigenvalue weighted by atomic mass is 10.2. The minimum atomic E-state index is -3.01. The zero-order chi connectivity index (χ0) is 15.7. The third-order valence-corrected chi connectivity index (χ3v) is 3.42. The predicted octanol–water partition coefficient (Wildman–Crippen LogP) is 3.14. The molecule has 22 heavy (non-hydrogen) atoms. The molecule has 0 aliphatic rings. The van der Waals surface area contributed by atoms with E-state index in [-0.39, 0.29) is 11.1 Å². The summed E-state index contributed by atoms with van der Waals surface area (Å²) in [6.07, 6.45) is 2.86. The highest BCUT2D eigenvalue weighted by molar-refractivity contribution is 9.10. The van der Waals surface area contributed by atoms with Crippen molar-refractivity contribution in [1.29, 1.82) is 0 Å². The van der Waals surface area contributed by atoms with E-state index < -0.39 is 12.2 Å². The number of rotatable bonds is 3. The molecule has 2 heterocycles. The standard InChI is InChI=1S/C14H8BrF2N3O2/c15-11-5-4-9(7-18-11)20-13(21)12-8(6-19-20)2-1-3-10(12)22-14(16)17/h1-7,14H. The van der Waals surface area contributed by atoms with Crippen LogP contribution in [0.15, 0.2) is 52.1 Å². The molecule has 0 aliphatic carbocycles. The number of aromatic nitrogens is 3. The van der Waals surface area contributed by atoms with Gasteiger partial charge in [0.15, 0.2) is 0 Å². The first-order chi connectivity index (χ1) is 10.6. The van der Waals surface area contributed by atoms with E-state index in [1.54, 1.807) is 18.2 Å². The molecule has 0 saturated carbocycles. The summed E-state index contributed by atoms with van der Waals surface area (Å²) in [5.74, 6) is -0.182. The SMILES string of the molecule is O=c1c2c(OC(F)F)cccc2cnn1-c1ccc(Br)nc1. The lowest BCUT2D eigenvalue weighted by Gasteiger charge is -2.09. The van der Waals surface area contributed by atoms with Crippen LogP contribution in [0.4, 0.5) is 8.78 Å². The highest BCUT2D eigenvalue weighted by Gasteiger charge is 2.14. The van der Waals surface area contributed by atoms with Crippen LogP contribution in [0.2, 0.25) is 0 Å². The molecule has 0 amide bonds. The molecule has 3 aromatic rings. The van der Waals surface area contributed by atoms with Crippen LogP contribution >= 0.6 is 15.9 Å². The van der Waals surface area contributed by atoms with E-state index in [0.29, 0.717) is 15.7 Å². The summed E-state index contributed by atoms with van der Waals surface area (Å²) < 4.78 is 31.1. The first-order valence-corrected chi connectivity index (χ1v) is 6.93. The molecule has 0 radical (unpaired) electrons. The second-order valence-electron chi connectivity index (χ2n) is 4.30. The Morgan fingerprint density at radius 1 is 1.18 bits per heavy atom. The lowest BCUT2D eigenvalue weighted by Crippen LogP contribution is -2.22. The molecule has 5 nitrogen and oxygen atoms in total. The van der Waals surface area contributed by atoms with Gasteiger partial charge >= 0.3 is 6.61 Å². The third-order valence-electron chi connectivity index (χ3n) is 2.95. The number of benzene rings is 1. The van der Waals surface area contributed by atoms with Gasteiger partial charge in [-0.1, -0.05) is 12.1 Å². The molecule has 0 unspecified atom stereocenters. The van der Waals surface area contributed by atoms with Crippen molar-refractivity contribution >= 4 is 26.7 Å². The fourth-order valence-electron chi connectivity index (χ4n) is 2.03. The number of halogens is 3. The Morgan fingerprint density at radius 3 is 2.68 bits per heavy atom. The largest absolute Gasteiger partial charge is 0.434 e. The highest BCUT2D eigenvalue weighted by Crippen LogP contribution is 2.23. The molecule has 0 saturated heterocycles. The van der Waals surface area contributed by atoms with Crippen LogP contribution in [0.25, 0.3) is 16.5 Å². The van der Waals surface area contributed by atoms with Crippen LogP contribution in [0.1, 0.15) is 0 Å². The Bertz CT molecular complexity index is 881. The minimum Gasteiger partial charge on any atom is -0.434 e. The van der Waals surface area contributed by atoms with E-state index >= 15 is 0 Å². The van der Waals surface area contributed by atoms with Crippen molar-refractivity contribution in [1.82, 2.24) is 14.8 Å². The summed E-state index contributed by atoms with van der Waals surface area (Å²) >= 11 is 3.19. The average Bonchev–Trinajstić information content (AvgIpc) is 2.48. The van der Waals surface area contributed by atoms with Crippen molar-refractivity contribution in [3.8, 4) is 11.4 Å². The van der Waals surface area contributed by atoms with E-state index in [0.717, 1.165) is 4.68 Å². The van der Waals surface area contributed by atoms with Gasteiger partial charge in [0, 0.05) is 5.39 Å². The number of hydrogen-bond acceptors (Lipinski definition) is 4. The number of pyridine rings is 1. The van der Waals surface area contributed by atoms with Crippen LogP contribution in [-0.4, -0.2) is 21.4 Å². The smallest absolute Gasteiger partial charge is 0.387 e. The number of alkyl halides is 2. The summed E-state index contributed by atoms with van der Waals surface area (Å²) in [5.41, 5.74) is -0.139. The Hall–Kier alpha value is -2.35. The fraction of sp³-hybridized carbons (Fsp3) is 0.0714. The average molecular weight is 368 g/mol. The molecule has 112 valence electrons. The van der Waals surface area contributed by atoms with Crippen molar-refractivity contribution in [2.45, 2.75) is 6.61 Å². The molecule has 8 heteroatoms. The molecule has 1 aromatic carbocycles. The minimum absolute atomic E-state index is 0.0423. The van der Waals surface area contributed by atoms with Gasteiger partial charge in [-0.2, -0.15) is 18.6 Å². The van der Waals surface area contributed by atoms with Crippen LogP contribution in [0.5, 0.6) is 5.75 Å². The maximum absolute atomic E-state index is 12.6. The first-order valence-electron chi connectivity index (χ1n) is 6.14. The van der Waals surface area contributed by atoms with Gasteiger partial charge in [-0.25, -0.2) is 4.98 Å². The van der Waals surface area contributed by atoms with Crippen molar-refractivity contribution < 1.29 is 13.5 Å². The Morgan fingerprint density at radius 2 is 2.00 bits per heavy atom. The lowest BCUT2D eigenvalue weighted by molar-refractivity contribution is -0.0488. The van der Waals surface area contributed by atoms with E-state index in [4.69, 9.17) is 0 Å². The van der Waals surface area contributed by atoms with Crippen molar-refractivity contribution in [3.05, 3.63) is 57.7 Å². The monoisotopic (exact) mass is 367 g/mol. The van der Waals surface area contributed by atoms with Crippen molar-refractivity contribution in [2.75, 3.05) is 0 Å². The zero-order valence-corrected chi connectivity index (χ0v) is 12.5. The second-order valence-corrected chi connectivity index (χ2v) is 5.11. The topological polar surface area (TPSA) is 57.0 Å². The van der Waals surface area contributed by atoms with Gasteiger partial charge in [0.1, 0.15) is 10.4 Å². The molecule has 0 spiro atoms. The van der Waals surface area contributed by atoms with Crippen LogP contribution in [0.3, 0.4) is 0 Å². The molecule has 0 fully saturated rings. The molecule has 2 aromatic heterocycles. The Labute approximate surface area is 131 Å². The molecule has 0 atom stereocenters. The maximum Gasteiger partial charge on any atom is 0.387 e. The molecular formula is C14H8BrF2N3O2. The van der Waals surface area contributed by atoms with Gasteiger partial charge in [-0.05, 0) is 34.1 Å². The number of nitrogens with zero attached hydrogens (tertiary/aromatic N) is 3. The van der Waals surface area contributed by atoms with Gasteiger partial charge in [-0.15, -0.1) is 0 Å². The van der Waals surface area contributed by atoms with Gasteiger partial charge < -0.3 is 4.74 Å². The third kappa shape index (κ3) is 2.69. The van der Waals surface area contributed by atoms with Gasteiger partial charge in [0.25, 0.3) is 5.56 Å². The first kappa shape index (κ1) is 14.6. The van der Waals surface area contributed by atoms with Crippen LogP contribution < -0.4 is 10.3 Å². The van der Waals surface area contributed by atoms with Crippen LogP contribution in [0, 0.1) is 0 Å². The Kier molecular flexibility index (Phi) is 3.84. The zero-order valence-electron chi connectivity index (χ0n) is 10.9. The maximum atomic E-state index is 12.6. The van der Waals surface area contributed by atoms with E-state index in [1.807, 2.05) is 0 Å². The number of ether oxygens (including phenoxy) is 1.